The Bertz CT molecular complexity index is 449. The molecule has 2 rings (SSSR count). The number of rotatable bonds is 4. The molecular weight excluding hydrogens is 216 g/mol. The Balaban J connectivity index is 2.31. The van der Waals surface area contributed by atoms with E-state index in [4.69, 9.17) is 9.47 Å². The van der Waals surface area contributed by atoms with Gasteiger partial charge in [0.05, 0.1) is 13.7 Å². The van der Waals surface area contributed by atoms with Crippen molar-refractivity contribution in [2.24, 2.45) is 0 Å². The van der Waals surface area contributed by atoms with Crippen LogP contribution in [-0.2, 0) is 6.61 Å². The third-order valence-corrected chi connectivity index (χ3v) is 2.43. The molecule has 17 heavy (non-hydrogen) atoms. The zero-order valence-electron chi connectivity index (χ0n) is 9.59. The van der Waals surface area contributed by atoms with Gasteiger partial charge in [0.1, 0.15) is 5.75 Å². The first kappa shape index (κ1) is 11.5. The van der Waals surface area contributed by atoms with Crippen LogP contribution >= 0.6 is 0 Å². The number of methoxy groups -OCH3 is 1. The quantitative estimate of drug-likeness (QED) is 0.877. The highest BCUT2D eigenvalue weighted by molar-refractivity contribution is 5.44. The van der Waals surface area contributed by atoms with Crippen molar-refractivity contribution in [1.29, 1.82) is 0 Å². The van der Waals surface area contributed by atoms with Crippen molar-refractivity contribution >= 4 is 0 Å². The zero-order valence-corrected chi connectivity index (χ0v) is 9.59. The molecule has 0 heterocycles. The monoisotopic (exact) mass is 230 g/mol. The molecule has 0 unspecified atom stereocenters. The standard InChI is InChI=1S/C14H14O3/c1-16-13-8-4-5-9-14(13)17-12-7-3-2-6-11(12)10-15/h2-9,15H,10H2,1H3. The molecular formula is C14H14O3. The number of aliphatic hydroxyl groups is 1. The summed E-state index contributed by atoms with van der Waals surface area (Å²) in [4.78, 5) is 0. The Labute approximate surface area is 100 Å². The summed E-state index contributed by atoms with van der Waals surface area (Å²) < 4.78 is 10.9. The van der Waals surface area contributed by atoms with E-state index in [1.807, 2.05) is 48.5 Å². The van der Waals surface area contributed by atoms with E-state index < -0.39 is 0 Å². The Morgan fingerprint density at radius 2 is 1.47 bits per heavy atom. The molecule has 0 spiro atoms. The molecule has 1 N–H and O–H groups in total. The fourth-order valence-electron chi connectivity index (χ4n) is 1.56. The van der Waals surface area contributed by atoms with Gasteiger partial charge in [-0.2, -0.15) is 0 Å². The van der Waals surface area contributed by atoms with E-state index in [1.165, 1.54) is 0 Å². The second-order valence-corrected chi connectivity index (χ2v) is 3.52. The minimum Gasteiger partial charge on any atom is -0.493 e. The van der Waals surface area contributed by atoms with Gasteiger partial charge >= 0.3 is 0 Å². The predicted octanol–water partition coefficient (Wildman–Crippen LogP) is 2.98. The largest absolute Gasteiger partial charge is 0.493 e. The zero-order chi connectivity index (χ0) is 12.1. The van der Waals surface area contributed by atoms with Crippen molar-refractivity contribution < 1.29 is 14.6 Å². The number of para-hydroxylation sites is 3. The molecule has 0 fully saturated rings. The van der Waals surface area contributed by atoms with E-state index in [0.29, 0.717) is 17.2 Å². The predicted molar refractivity (Wildman–Crippen MR) is 65.4 cm³/mol. The molecule has 0 aromatic heterocycles. The number of aliphatic hydroxyl groups excluding tert-OH is 1. The molecule has 0 bridgehead atoms. The Hall–Kier alpha value is -2.00. The Kier molecular flexibility index (Phi) is 3.62. The fraction of sp³-hybridized carbons (Fsp3) is 0.143. The maximum absolute atomic E-state index is 9.21. The van der Waals surface area contributed by atoms with Crippen molar-refractivity contribution in [2.45, 2.75) is 6.61 Å². The van der Waals surface area contributed by atoms with Crippen LogP contribution < -0.4 is 9.47 Å². The summed E-state index contributed by atoms with van der Waals surface area (Å²) in [5.74, 6) is 1.94. The lowest BCUT2D eigenvalue weighted by atomic mass is 10.2. The summed E-state index contributed by atoms with van der Waals surface area (Å²) >= 11 is 0. The second kappa shape index (κ2) is 5.37. The van der Waals surface area contributed by atoms with Crippen molar-refractivity contribution in [1.82, 2.24) is 0 Å². The van der Waals surface area contributed by atoms with Gasteiger partial charge in [-0.25, -0.2) is 0 Å². The lowest BCUT2D eigenvalue weighted by Gasteiger charge is -2.12. The van der Waals surface area contributed by atoms with Gasteiger partial charge in [-0.05, 0) is 18.2 Å². The second-order valence-electron chi connectivity index (χ2n) is 3.52. The highest BCUT2D eigenvalue weighted by Gasteiger charge is 2.07. The molecule has 0 saturated heterocycles. The molecule has 3 heteroatoms. The number of benzene rings is 2. The van der Waals surface area contributed by atoms with Crippen LogP contribution in [0.15, 0.2) is 48.5 Å². The van der Waals surface area contributed by atoms with Crippen LogP contribution in [0.5, 0.6) is 17.2 Å². The van der Waals surface area contributed by atoms with Crippen LogP contribution in [0.1, 0.15) is 5.56 Å². The minimum atomic E-state index is -0.0503. The first-order valence-corrected chi connectivity index (χ1v) is 5.35. The van der Waals surface area contributed by atoms with Gasteiger partial charge in [0, 0.05) is 5.56 Å². The number of hydrogen-bond acceptors (Lipinski definition) is 3. The molecule has 0 radical (unpaired) electrons. The maximum Gasteiger partial charge on any atom is 0.169 e. The van der Waals surface area contributed by atoms with E-state index in [1.54, 1.807) is 7.11 Å². The van der Waals surface area contributed by atoms with Crippen LogP contribution in [0.2, 0.25) is 0 Å². The van der Waals surface area contributed by atoms with E-state index >= 15 is 0 Å². The highest BCUT2D eigenvalue weighted by atomic mass is 16.5. The third kappa shape index (κ3) is 2.57. The van der Waals surface area contributed by atoms with E-state index in [2.05, 4.69) is 0 Å². The Morgan fingerprint density at radius 3 is 2.12 bits per heavy atom. The molecule has 0 atom stereocenters. The van der Waals surface area contributed by atoms with Gasteiger partial charge in [-0.3, -0.25) is 0 Å². The van der Waals surface area contributed by atoms with Gasteiger partial charge < -0.3 is 14.6 Å². The van der Waals surface area contributed by atoms with E-state index in [0.717, 1.165) is 5.56 Å². The van der Waals surface area contributed by atoms with Gasteiger partial charge in [0.2, 0.25) is 0 Å². The van der Waals surface area contributed by atoms with E-state index in [9.17, 15) is 5.11 Å². The molecule has 2 aromatic carbocycles. The smallest absolute Gasteiger partial charge is 0.169 e. The lowest BCUT2D eigenvalue weighted by Crippen LogP contribution is -1.93. The lowest BCUT2D eigenvalue weighted by molar-refractivity contribution is 0.275. The van der Waals surface area contributed by atoms with Gasteiger partial charge in [0.25, 0.3) is 0 Å². The van der Waals surface area contributed by atoms with Gasteiger partial charge in [0.15, 0.2) is 11.5 Å². The van der Waals surface area contributed by atoms with Crippen molar-refractivity contribution in [3.63, 3.8) is 0 Å². The average Bonchev–Trinajstić information content (AvgIpc) is 2.40. The van der Waals surface area contributed by atoms with Crippen LogP contribution in [0.4, 0.5) is 0 Å². The molecule has 88 valence electrons. The summed E-state index contributed by atoms with van der Waals surface area (Å²) in [6, 6.07) is 14.8. The summed E-state index contributed by atoms with van der Waals surface area (Å²) in [5, 5.41) is 9.21. The van der Waals surface area contributed by atoms with Crippen LogP contribution in [0.25, 0.3) is 0 Å². The van der Waals surface area contributed by atoms with Crippen LogP contribution in [0, 0.1) is 0 Å². The molecule has 3 nitrogen and oxygen atoms in total. The summed E-state index contributed by atoms with van der Waals surface area (Å²) in [5.41, 5.74) is 0.749. The third-order valence-electron chi connectivity index (χ3n) is 2.43. The first-order chi connectivity index (χ1) is 8.35. The number of ether oxygens (including phenoxy) is 2. The summed E-state index contributed by atoms with van der Waals surface area (Å²) in [7, 11) is 1.60. The van der Waals surface area contributed by atoms with Crippen molar-refractivity contribution in [2.75, 3.05) is 7.11 Å². The molecule has 0 aliphatic rings. The molecule has 0 aliphatic carbocycles. The molecule has 0 amide bonds. The minimum absolute atomic E-state index is 0.0503. The maximum atomic E-state index is 9.21. The van der Waals surface area contributed by atoms with Crippen molar-refractivity contribution in [3.05, 3.63) is 54.1 Å². The average molecular weight is 230 g/mol. The molecule has 2 aromatic rings. The summed E-state index contributed by atoms with van der Waals surface area (Å²) in [6.45, 7) is -0.0503. The number of hydrogen-bond donors (Lipinski definition) is 1. The van der Waals surface area contributed by atoms with Crippen molar-refractivity contribution in [3.8, 4) is 17.2 Å². The molecule has 0 aliphatic heterocycles. The first-order valence-electron chi connectivity index (χ1n) is 5.35. The van der Waals surface area contributed by atoms with Gasteiger partial charge in [-0.15, -0.1) is 0 Å². The van der Waals surface area contributed by atoms with Crippen LogP contribution in [0.3, 0.4) is 0 Å². The fourth-order valence-corrected chi connectivity index (χ4v) is 1.56. The topological polar surface area (TPSA) is 38.7 Å². The molecule has 0 saturated carbocycles. The Morgan fingerprint density at radius 1 is 0.882 bits per heavy atom. The normalized spacial score (nSPS) is 10.0. The van der Waals surface area contributed by atoms with Crippen LogP contribution in [-0.4, -0.2) is 12.2 Å². The SMILES string of the molecule is COc1ccccc1Oc1ccccc1CO. The van der Waals surface area contributed by atoms with Gasteiger partial charge in [-0.1, -0.05) is 30.3 Å². The highest BCUT2D eigenvalue weighted by Crippen LogP contribution is 2.32. The summed E-state index contributed by atoms with van der Waals surface area (Å²) in [6.07, 6.45) is 0. The van der Waals surface area contributed by atoms with E-state index in [-0.39, 0.29) is 6.61 Å².